The van der Waals surface area contributed by atoms with E-state index in [2.05, 4.69) is 25.5 Å². The van der Waals surface area contributed by atoms with Crippen LogP contribution in [0.2, 0.25) is 0 Å². The lowest BCUT2D eigenvalue weighted by Gasteiger charge is -2.26. The molecule has 8 heteroatoms. The quantitative estimate of drug-likeness (QED) is 0.671. The number of nitrogens with one attached hydrogen (secondary N) is 2. The van der Waals surface area contributed by atoms with Crippen molar-refractivity contribution in [3.63, 3.8) is 0 Å². The van der Waals surface area contributed by atoms with Gasteiger partial charge in [-0.3, -0.25) is 9.69 Å². The summed E-state index contributed by atoms with van der Waals surface area (Å²) < 4.78 is 10.7. The van der Waals surface area contributed by atoms with Crippen LogP contribution in [0.15, 0.2) is 36.7 Å². The molecule has 0 bridgehead atoms. The number of rotatable bonds is 9. The highest BCUT2D eigenvalue weighted by Gasteiger charge is 2.12. The van der Waals surface area contributed by atoms with Crippen molar-refractivity contribution in [2.24, 2.45) is 0 Å². The summed E-state index contributed by atoms with van der Waals surface area (Å²) in [6.07, 6.45) is 3.88. The van der Waals surface area contributed by atoms with Crippen LogP contribution in [0.3, 0.4) is 0 Å². The van der Waals surface area contributed by atoms with Crippen LogP contribution in [-0.4, -0.2) is 73.8 Å². The number of amides is 1. The van der Waals surface area contributed by atoms with Gasteiger partial charge in [0.2, 0.25) is 0 Å². The van der Waals surface area contributed by atoms with Crippen LogP contribution < -0.4 is 15.4 Å². The fraction of sp³-hybridized carbons (Fsp3) is 0.450. The minimum absolute atomic E-state index is 0.207. The number of hydrogen-bond acceptors (Lipinski definition) is 7. The Labute approximate surface area is 165 Å². The van der Waals surface area contributed by atoms with Gasteiger partial charge in [0.05, 0.1) is 32.7 Å². The van der Waals surface area contributed by atoms with Gasteiger partial charge in [-0.1, -0.05) is 18.2 Å². The smallest absolute Gasteiger partial charge is 0.271 e. The second kappa shape index (κ2) is 10.6. The van der Waals surface area contributed by atoms with Crippen molar-refractivity contribution in [3.05, 3.63) is 47.9 Å². The molecule has 1 fully saturated rings. The number of carbonyl (C=O) groups excluding carboxylic acids is 1. The van der Waals surface area contributed by atoms with E-state index >= 15 is 0 Å². The van der Waals surface area contributed by atoms with E-state index < -0.39 is 0 Å². The molecule has 0 radical (unpaired) electrons. The summed E-state index contributed by atoms with van der Waals surface area (Å²) in [5.41, 5.74) is 1.44. The van der Waals surface area contributed by atoms with Crippen molar-refractivity contribution in [1.82, 2.24) is 20.2 Å². The Hall–Kier alpha value is -2.71. The number of methoxy groups -OCH3 is 1. The number of para-hydroxylation sites is 1. The number of aromatic nitrogens is 2. The van der Waals surface area contributed by atoms with Crippen molar-refractivity contribution >= 4 is 11.7 Å². The predicted octanol–water partition coefficient (Wildman–Crippen LogP) is 1.20. The first-order valence-electron chi connectivity index (χ1n) is 9.52. The van der Waals surface area contributed by atoms with Crippen LogP contribution in [0.25, 0.3) is 0 Å². The number of carbonyl (C=O) groups is 1. The third-order valence-corrected chi connectivity index (χ3v) is 4.59. The molecule has 1 aromatic carbocycles. The van der Waals surface area contributed by atoms with Crippen molar-refractivity contribution in [1.29, 1.82) is 0 Å². The molecule has 1 aliphatic heterocycles. The van der Waals surface area contributed by atoms with Crippen molar-refractivity contribution in [2.45, 2.75) is 6.42 Å². The minimum atomic E-state index is -0.207. The highest BCUT2D eigenvalue weighted by Crippen LogP contribution is 2.17. The highest BCUT2D eigenvalue weighted by molar-refractivity contribution is 5.91. The molecule has 0 spiro atoms. The van der Waals surface area contributed by atoms with Gasteiger partial charge in [-0.2, -0.15) is 0 Å². The number of morpholine rings is 1. The molecule has 8 nitrogen and oxygen atoms in total. The average Bonchev–Trinajstić information content (AvgIpc) is 2.75. The van der Waals surface area contributed by atoms with Crippen molar-refractivity contribution < 1.29 is 14.3 Å². The van der Waals surface area contributed by atoms with Crippen LogP contribution in [0.4, 0.5) is 5.82 Å². The predicted molar refractivity (Wildman–Crippen MR) is 107 cm³/mol. The first-order chi connectivity index (χ1) is 13.8. The van der Waals surface area contributed by atoms with Crippen molar-refractivity contribution in [2.75, 3.05) is 58.4 Å². The molecule has 0 atom stereocenters. The topological polar surface area (TPSA) is 88.6 Å². The first kappa shape index (κ1) is 20.0. The zero-order valence-electron chi connectivity index (χ0n) is 16.2. The average molecular weight is 385 g/mol. The molecule has 0 unspecified atom stereocenters. The van der Waals surface area contributed by atoms with E-state index in [0.717, 1.165) is 50.6 Å². The fourth-order valence-electron chi connectivity index (χ4n) is 3.01. The molecule has 28 heavy (non-hydrogen) atoms. The van der Waals surface area contributed by atoms with Gasteiger partial charge in [0.15, 0.2) is 0 Å². The molecular formula is C20H27N5O3. The molecule has 0 saturated carbocycles. The van der Waals surface area contributed by atoms with Gasteiger partial charge in [0, 0.05) is 32.7 Å². The van der Waals surface area contributed by atoms with Crippen LogP contribution in [0, 0.1) is 0 Å². The van der Waals surface area contributed by atoms with E-state index in [9.17, 15) is 4.79 Å². The summed E-state index contributed by atoms with van der Waals surface area (Å²) in [5, 5.41) is 6.10. The number of hydrogen-bond donors (Lipinski definition) is 2. The van der Waals surface area contributed by atoms with E-state index in [0.29, 0.717) is 24.6 Å². The SMILES string of the molecule is COc1ccccc1CCNc1cnc(C(=O)NCCN2CCOCC2)cn1. The summed E-state index contributed by atoms with van der Waals surface area (Å²) >= 11 is 0. The number of benzene rings is 1. The molecule has 2 aromatic rings. The van der Waals surface area contributed by atoms with E-state index in [-0.39, 0.29) is 5.91 Å². The van der Waals surface area contributed by atoms with Gasteiger partial charge in [-0.05, 0) is 18.1 Å². The molecule has 3 rings (SSSR count). The van der Waals surface area contributed by atoms with Gasteiger partial charge < -0.3 is 20.1 Å². The monoisotopic (exact) mass is 385 g/mol. The van der Waals surface area contributed by atoms with E-state index in [1.165, 1.54) is 6.20 Å². The molecule has 2 heterocycles. The standard InChI is InChI=1S/C20H27N5O3/c1-27-18-5-3-2-4-16(18)6-7-21-19-15-23-17(14-24-19)20(26)22-8-9-25-10-12-28-13-11-25/h2-5,14-15H,6-13H2,1H3,(H,21,24)(H,22,26). The van der Waals surface area contributed by atoms with E-state index in [4.69, 9.17) is 9.47 Å². The highest BCUT2D eigenvalue weighted by atomic mass is 16.5. The van der Waals surface area contributed by atoms with Gasteiger partial charge in [-0.15, -0.1) is 0 Å². The lowest BCUT2D eigenvalue weighted by molar-refractivity contribution is 0.0383. The molecule has 0 aliphatic carbocycles. The largest absolute Gasteiger partial charge is 0.496 e. The molecular weight excluding hydrogens is 358 g/mol. The Morgan fingerprint density at radius 1 is 1.18 bits per heavy atom. The zero-order chi connectivity index (χ0) is 19.6. The lowest BCUT2D eigenvalue weighted by Crippen LogP contribution is -2.41. The van der Waals surface area contributed by atoms with Gasteiger partial charge in [-0.25, -0.2) is 9.97 Å². The Morgan fingerprint density at radius 3 is 2.75 bits per heavy atom. The van der Waals surface area contributed by atoms with Crippen molar-refractivity contribution in [3.8, 4) is 5.75 Å². The van der Waals surface area contributed by atoms with Gasteiger partial charge in [0.25, 0.3) is 5.91 Å². The fourth-order valence-corrected chi connectivity index (χ4v) is 3.01. The van der Waals surface area contributed by atoms with Gasteiger partial charge >= 0.3 is 0 Å². The number of nitrogens with zero attached hydrogens (tertiary/aromatic N) is 3. The molecule has 1 aliphatic rings. The third kappa shape index (κ3) is 5.90. The van der Waals surface area contributed by atoms with E-state index in [1.807, 2.05) is 24.3 Å². The summed E-state index contributed by atoms with van der Waals surface area (Å²) in [7, 11) is 1.67. The Morgan fingerprint density at radius 2 is 2.00 bits per heavy atom. The maximum atomic E-state index is 12.2. The number of ether oxygens (including phenoxy) is 2. The molecule has 2 N–H and O–H groups in total. The summed E-state index contributed by atoms with van der Waals surface area (Å²) in [6.45, 7) is 5.41. The summed E-state index contributed by atoms with van der Waals surface area (Å²) in [5.74, 6) is 1.31. The minimum Gasteiger partial charge on any atom is -0.496 e. The second-order valence-corrected chi connectivity index (χ2v) is 6.49. The Bertz CT molecular complexity index is 748. The normalized spacial score (nSPS) is 14.5. The first-order valence-corrected chi connectivity index (χ1v) is 9.52. The molecule has 1 saturated heterocycles. The lowest BCUT2D eigenvalue weighted by atomic mass is 10.1. The van der Waals surface area contributed by atoms with Crippen LogP contribution >= 0.6 is 0 Å². The molecule has 1 amide bonds. The maximum absolute atomic E-state index is 12.2. The molecule has 1 aromatic heterocycles. The molecule has 150 valence electrons. The maximum Gasteiger partial charge on any atom is 0.271 e. The zero-order valence-corrected chi connectivity index (χ0v) is 16.2. The second-order valence-electron chi connectivity index (χ2n) is 6.49. The van der Waals surface area contributed by atoms with E-state index in [1.54, 1.807) is 13.3 Å². The van der Waals surface area contributed by atoms with Crippen LogP contribution in [-0.2, 0) is 11.2 Å². The Balaban J connectivity index is 1.40. The third-order valence-electron chi connectivity index (χ3n) is 4.59. The van der Waals surface area contributed by atoms with Gasteiger partial charge in [0.1, 0.15) is 17.3 Å². The summed E-state index contributed by atoms with van der Waals surface area (Å²) in [6, 6.07) is 7.92. The summed E-state index contributed by atoms with van der Waals surface area (Å²) in [4.78, 5) is 22.9. The Kier molecular flexibility index (Phi) is 7.57. The van der Waals surface area contributed by atoms with Crippen LogP contribution in [0.5, 0.6) is 5.75 Å². The number of anilines is 1. The van der Waals surface area contributed by atoms with Crippen LogP contribution in [0.1, 0.15) is 16.1 Å².